The summed E-state index contributed by atoms with van der Waals surface area (Å²) in [5.41, 5.74) is 0.459. The molecule has 8 nitrogen and oxygen atoms in total. The number of fused-ring (bicyclic) bond motifs is 1. The minimum Gasteiger partial charge on any atom is -0.504 e. The molecule has 160 valence electrons. The standard InChI is InChI=1S/C22H24O8/c1-12(23)30-22-11-29-20(13-4-6-16(24)18(8-13)26-2)15(22)10-28-21(22)14-5-7-17(25)19(9-14)27-3/h4-9,15,20-21,24-25H,10-11H2,1-3H3/t15-,20-,21-,22?/m1/s1. The minimum absolute atomic E-state index is 0.00840. The first-order chi connectivity index (χ1) is 14.4. The van der Waals surface area contributed by atoms with Crippen molar-refractivity contribution in [1.29, 1.82) is 0 Å². The van der Waals surface area contributed by atoms with Gasteiger partial charge in [0.2, 0.25) is 0 Å². The molecule has 30 heavy (non-hydrogen) atoms. The largest absolute Gasteiger partial charge is 0.504 e. The molecule has 0 radical (unpaired) electrons. The predicted molar refractivity (Wildman–Crippen MR) is 105 cm³/mol. The molecule has 2 saturated heterocycles. The highest BCUT2D eigenvalue weighted by Crippen LogP contribution is 2.56. The Kier molecular flexibility index (Phi) is 5.21. The summed E-state index contributed by atoms with van der Waals surface area (Å²) >= 11 is 0. The Labute approximate surface area is 173 Å². The number of esters is 1. The molecule has 0 saturated carbocycles. The van der Waals surface area contributed by atoms with Crippen LogP contribution in [0.3, 0.4) is 0 Å². The second-order valence-electron chi connectivity index (χ2n) is 7.46. The number of rotatable bonds is 5. The monoisotopic (exact) mass is 416 g/mol. The van der Waals surface area contributed by atoms with Crippen LogP contribution in [0, 0.1) is 5.92 Å². The summed E-state index contributed by atoms with van der Waals surface area (Å²) in [6.45, 7) is 1.80. The molecule has 0 amide bonds. The third kappa shape index (κ3) is 3.22. The first-order valence-corrected chi connectivity index (χ1v) is 9.56. The number of carbonyl (C=O) groups excluding carboxylic acids is 1. The first kappa shape index (κ1) is 20.3. The lowest BCUT2D eigenvalue weighted by atomic mass is 9.80. The number of phenols is 2. The number of hydrogen-bond donors (Lipinski definition) is 2. The molecule has 2 N–H and O–H groups in total. The van der Waals surface area contributed by atoms with E-state index in [9.17, 15) is 15.0 Å². The van der Waals surface area contributed by atoms with E-state index in [0.29, 0.717) is 23.7 Å². The fourth-order valence-corrected chi connectivity index (χ4v) is 4.40. The summed E-state index contributed by atoms with van der Waals surface area (Å²) in [6, 6.07) is 9.91. The third-order valence-corrected chi connectivity index (χ3v) is 5.74. The fourth-order valence-electron chi connectivity index (χ4n) is 4.40. The molecule has 2 aromatic carbocycles. The van der Waals surface area contributed by atoms with Gasteiger partial charge >= 0.3 is 5.97 Å². The fraction of sp³-hybridized carbons (Fsp3) is 0.409. The normalized spacial score (nSPS) is 27.5. The highest BCUT2D eigenvalue weighted by molar-refractivity contribution is 5.67. The van der Waals surface area contributed by atoms with Crippen molar-refractivity contribution >= 4 is 5.97 Å². The molecule has 2 fully saturated rings. The van der Waals surface area contributed by atoms with Crippen molar-refractivity contribution in [3.05, 3.63) is 47.5 Å². The van der Waals surface area contributed by atoms with Crippen LogP contribution in [0.25, 0.3) is 0 Å². The van der Waals surface area contributed by atoms with Crippen molar-refractivity contribution in [2.45, 2.75) is 24.7 Å². The summed E-state index contributed by atoms with van der Waals surface area (Å²) in [6.07, 6.45) is -1.01. The molecule has 2 aliphatic heterocycles. The van der Waals surface area contributed by atoms with Crippen LogP contribution in [0.4, 0.5) is 0 Å². The van der Waals surface area contributed by atoms with Crippen molar-refractivity contribution in [3.8, 4) is 23.0 Å². The lowest BCUT2D eigenvalue weighted by molar-refractivity contribution is -0.167. The van der Waals surface area contributed by atoms with Gasteiger partial charge in [0.1, 0.15) is 6.10 Å². The van der Waals surface area contributed by atoms with Gasteiger partial charge in [0.15, 0.2) is 28.6 Å². The van der Waals surface area contributed by atoms with Gasteiger partial charge in [-0.1, -0.05) is 12.1 Å². The van der Waals surface area contributed by atoms with Crippen LogP contribution >= 0.6 is 0 Å². The highest BCUT2D eigenvalue weighted by Gasteiger charge is 2.62. The number of benzene rings is 2. The van der Waals surface area contributed by atoms with Gasteiger partial charge in [-0.05, 0) is 35.4 Å². The minimum atomic E-state index is -1.04. The molecule has 4 atom stereocenters. The molecular formula is C22H24O8. The zero-order valence-corrected chi connectivity index (χ0v) is 17.0. The van der Waals surface area contributed by atoms with Crippen molar-refractivity contribution in [2.75, 3.05) is 27.4 Å². The van der Waals surface area contributed by atoms with Crippen molar-refractivity contribution in [2.24, 2.45) is 5.92 Å². The van der Waals surface area contributed by atoms with Crippen LogP contribution < -0.4 is 9.47 Å². The van der Waals surface area contributed by atoms with Gasteiger partial charge in [-0.15, -0.1) is 0 Å². The van der Waals surface area contributed by atoms with E-state index in [0.717, 1.165) is 5.56 Å². The van der Waals surface area contributed by atoms with E-state index < -0.39 is 23.8 Å². The maximum atomic E-state index is 12.0. The Morgan fingerprint density at radius 3 is 2.20 bits per heavy atom. The Balaban J connectivity index is 1.73. The molecule has 0 aliphatic carbocycles. The van der Waals surface area contributed by atoms with Gasteiger partial charge < -0.3 is 33.9 Å². The van der Waals surface area contributed by atoms with Crippen LogP contribution in [0.1, 0.15) is 30.3 Å². The van der Waals surface area contributed by atoms with E-state index in [1.165, 1.54) is 27.2 Å². The summed E-state index contributed by atoms with van der Waals surface area (Å²) in [5, 5.41) is 19.8. The lowest BCUT2D eigenvalue weighted by Crippen LogP contribution is -2.43. The molecule has 2 aromatic rings. The van der Waals surface area contributed by atoms with E-state index in [1.54, 1.807) is 30.3 Å². The Morgan fingerprint density at radius 2 is 1.60 bits per heavy atom. The quantitative estimate of drug-likeness (QED) is 0.717. The van der Waals surface area contributed by atoms with Crippen molar-refractivity contribution in [3.63, 3.8) is 0 Å². The summed E-state index contributed by atoms with van der Waals surface area (Å²) in [7, 11) is 2.94. The van der Waals surface area contributed by atoms with Gasteiger partial charge in [-0.3, -0.25) is 4.79 Å². The van der Waals surface area contributed by atoms with Gasteiger partial charge in [0.25, 0.3) is 0 Å². The lowest BCUT2D eigenvalue weighted by Gasteiger charge is -2.32. The smallest absolute Gasteiger partial charge is 0.303 e. The van der Waals surface area contributed by atoms with Crippen molar-refractivity contribution in [1.82, 2.24) is 0 Å². The molecule has 8 heteroatoms. The predicted octanol–water partition coefficient (Wildman–Crippen LogP) is 2.88. The third-order valence-electron chi connectivity index (χ3n) is 5.74. The van der Waals surface area contributed by atoms with E-state index in [1.807, 2.05) is 0 Å². The second kappa shape index (κ2) is 7.70. The topological polar surface area (TPSA) is 104 Å². The number of methoxy groups -OCH3 is 2. The summed E-state index contributed by atoms with van der Waals surface area (Å²) in [5.74, 6) is -0.0402. The maximum Gasteiger partial charge on any atom is 0.303 e. The highest BCUT2D eigenvalue weighted by atomic mass is 16.6. The first-order valence-electron chi connectivity index (χ1n) is 9.56. The van der Waals surface area contributed by atoms with E-state index in [4.69, 9.17) is 23.7 Å². The maximum absolute atomic E-state index is 12.0. The van der Waals surface area contributed by atoms with E-state index in [-0.39, 0.29) is 24.0 Å². The molecule has 4 rings (SSSR count). The zero-order valence-electron chi connectivity index (χ0n) is 17.0. The Bertz CT molecular complexity index is 958. The molecular weight excluding hydrogens is 392 g/mol. The van der Waals surface area contributed by atoms with Gasteiger partial charge in [-0.25, -0.2) is 0 Å². The molecule has 0 aromatic heterocycles. The second-order valence-corrected chi connectivity index (χ2v) is 7.46. The average Bonchev–Trinajstić information content (AvgIpc) is 3.25. The van der Waals surface area contributed by atoms with E-state index in [2.05, 4.69) is 0 Å². The van der Waals surface area contributed by atoms with Gasteiger partial charge in [0, 0.05) is 6.92 Å². The van der Waals surface area contributed by atoms with Crippen LogP contribution in [-0.2, 0) is 19.0 Å². The van der Waals surface area contributed by atoms with Gasteiger partial charge in [-0.2, -0.15) is 0 Å². The summed E-state index contributed by atoms with van der Waals surface area (Å²) < 4.78 is 28.5. The summed E-state index contributed by atoms with van der Waals surface area (Å²) in [4.78, 5) is 12.0. The van der Waals surface area contributed by atoms with Crippen LogP contribution in [0.2, 0.25) is 0 Å². The van der Waals surface area contributed by atoms with Crippen LogP contribution in [0.5, 0.6) is 23.0 Å². The number of phenolic OH excluding ortho intramolecular Hbond substituents is 2. The Morgan fingerprint density at radius 1 is 1.00 bits per heavy atom. The number of hydrogen-bond acceptors (Lipinski definition) is 8. The Hall–Kier alpha value is -2.97. The molecule has 0 spiro atoms. The average molecular weight is 416 g/mol. The van der Waals surface area contributed by atoms with Crippen molar-refractivity contribution < 1.29 is 38.7 Å². The van der Waals surface area contributed by atoms with Crippen LogP contribution in [0.15, 0.2) is 36.4 Å². The SMILES string of the molecule is COc1cc([C@H]2OCC3(OC(C)=O)[C@@H](c4ccc(O)c(OC)c4)OC[C@H]23)ccc1O. The number of carbonyl (C=O) groups is 1. The molecule has 1 unspecified atom stereocenters. The van der Waals surface area contributed by atoms with Gasteiger partial charge in [0.05, 0.1) is 39.5 Å². The van der Waals surface area contributed by atoms with Crippen LogP contribution in [-0.4, -0.2) is 49.2 Å². The molecule has 2 aliphatic rings. The zero-order chi connectivity index (χ0) is 21.5. The number of aromatic hydroxyl groups is 2. The number of ether oxygens (including phenoxy) is 5. The molecule has 0 bridgehead atoms. The molecule has 2 heterocycles. The van der Waals surface area contributed by atoms with E-state index >= 15 is 0 Å².